The van der Waals surface area contributed by atoms with Crippen molar-refractivity contribution in [2.24, 2.45) is 0 Å². The van der Waals surface area contributed by atoms with E-state index in [0.717, 1.165) is 17.6 Å². The summed E-state index contributed by atoms with van der Waals surface area (Å²) in [6, 6.07) is 6.96. The molecule has 3 rings (SSSR count). The van der Waals surface area contributed by atoms with Gasteiger partial charge in [0.2, 0.25) is 0 Å². The van der Waals surface area contributed by atoms with Crippen molar-refractivity contribution in [2.45, 2.75) is 45.1 Å². The molecule has 0 aliphatic carbocycles. The molecule has 0 bridgehead atoms. The van der Waals surface area contributed by atoms with Gasteiger partial charge in [-0.05, 0) is 37.5 Å². The second-order valence-electron chi connectivity index (χ2n) is 5.70. The SMILES string of the molecule is CCC1CCCCCN1c1ccc(N)c2cnccc12. The smallest absolute Gasteiger partial charge is 0.0451 e. The summed E-state index contributed by atoms with van der Waals surface area (Å²) in [5.41, 5.74) is 8.24. The minimum atomic E-state index is 0.650. The van der Waals surface area contributed by atoms with Crippen LogP contribution < -0.4 is 10.6 Å². The number of pyridine rings is 1. The average Bonchev–Trinajstić information content (AvgIpc) is 2.73. The van der Waals surface area contributed by atoms with Crippen molar-refractivity contribution < 1.29 is 0 Å². The molecule has 1 saturated heterocycles. The van der Waals surface area contributed by atoms with Gasteiger partial charge in [-0.25, -0.2) is 0 Å². The van der Waals surface area contributed by atoms with Crippen LogP contribution in [-0.4, -0.2) is 17.6 Å². The first-order valence-corrected chi connectivity index (χ1v) is 7.70. The predicted octanol–water partition coefficient (Wildman–Crippen LogP) is 3.98. The van der Waals surface area contributed by atoms with Crippen LogP contribution in [-0.2, 0) is 0 Å². The quantitative estimate of drug-likeness (QED) is 0.839. The van der Waals surface area contributed by atoms with Crippen molar-refractivity contribution in [3.8, 4) is 0 Å². The van der Waals surface area contributed by atoms with E-state index in [1.165, 1.54) is 43.2 Å². The van der Waals surface area contributed by atoms with Crippen molar-refractivity contribution in [1.82, 2.24) is 4.98 Å². The third kappa shape index (κ3) is 2.33. The molecule has 1 aliphatic heterocycles. The lowest BCUT2D eigenvalue weighted by Gasteiger charge is -2.32. The Balaban J connectivity index is 2.10. The lowest BCUT2D eigenvalue weighted by atomic mass is 10.0. The third-order valence-electron chi connectivity index (χ3n) is 4.49. The molecule has 0 spiro atoms. The molecule has 2 aromatic rings. The minimum absolute atomic E-state index is 0.650. The largest absolute Gasteiger partial charge is 0.398 e. The highest BCUT2D eigenvalue weighted by Gasteiger charge is 2.21. The Morgan fingerprint density at radius 2 is 2.10 bits per heavy atom. The molecule has 2 heterocycles. The Morgan fingerprint density at radius 3 is 2.95 bits per heavy atom. The highest BCUT2D eigenvalue weighted by Crippen LogP contribution is 2.34. The molecule has 106 valence electrons. The second-order valence-corrected chi connectivity index (χ2v) is 5.70. The van der Waals surface area contributed by atoms with Crippen molar-refractivity contribution in [3.05, 3.63) is 30.6 Å². The molecule has 0 radical (unpaired) electrons. The minimum Gasteiger partial charge on any atom is -0.398 e. The van der Waals surface area contributed by atoms with E-state index < -0.39 is 0 Å². The maximum Gasteiger partial charge on any atom is 0.0451 e. The van der Waals surface area contributed by atoms with E-state index >= 15 is 0 Å². The van der Waals surface area contributed by atoms with Gasteiger partial charge in [-0.15, -0.1) is 0 Å². The van der Waals surface area contributed by atoms with Gasteiger partial charge >= 0.3 is 0 Å². The van der Waals surface area contributed by atoms with Crippen LogP contribution in [0.15, 0.2) is 30.6 Å². The predicted molar refractivity (Wildman–Crippen MR) is 86.0 cm³/mol. The fourth-order valence-corrected chi connectivity index (χ4v) is 3.37. The normalized spacial score (nSPS) is 20.1. The van der Waals surface area contributed by atoms with Crippen LogP contribution in [0.5, 0.6) is 0 Å². The standard InChI is InChI=1S/C17H23N3/c1-2-13-6-4-3-5-11-20(13)17-8-7-16(18)15-12-19-10-9-14(15)17/h7-10,12-13H,2-6,11,18H2,1H3. The summed E-state index contributed by atoms with van der Waals surface area (Å²) < 4.78 is 0. The molecule has 3 heteroatoms. The van der Waals surface area contributed by atoms with E-state index in [0.29, 0.717) is 6.04 Å². The van der Waals surface area contributed by atoms with E-state index in [1.807, 2.05) is 18.5 Å². The van der Waals surface area contributed by atoms with E-state index in [9.17, 15) is 0 Å². The van der Waals surface area contributed by atoms with Crippen LogP contribution in [0.3, 0.4) is 0 Å². The molecular formula is C17H23N3. The number of nitrogens with two attached hydrogens (primary N) is 1. The number of hydrogen-bond donors (Lipinski definition) is 1. The Kier molecular flexibility index (Phi) is 3.77. The summed E-state index contributed by atoms with van der Waals surface area (Å²) in [4.78, 5) is 6.81. The topological polar surface area (TPSA) is 42.1 Å². The van der Waals surface area contributed by atoms with Gasteiger partial charge in [0.1, 0.15) is 0 Å². The summed E-state index contributed by atoms with van der Waals surface area (Å²) in [5, 5.41) is 2.31. The highest BCUT2D eigenvalue weighted by atomic mass is 15.2. The second kappa shape index (κ2) is 5.70. The summed E-state index contributed by atoms with van der Waals surface area (Å²) >= 11 is 0. The number of aromatic nitrogens is 1. The molecule has 1 aromatic heterocycles. The zero-order valence-corrected chi connectivity index (χ0v) is 12.2. The number of nitrogen functional groups attached to an aromatic ring is 1. The zero-order chi connectivity index (χ0) is 13.9. The first kappa shape index (κ1) is 13.2. The first-order valence-electron chi connectivity index (χ1n) is 7.70. The van der Waals surface area contributed by atoms with Gasteiger partial charge in [0.05, 0.1) is 0 Å². The fourth-order valence-electron chi connectivity index (χ4n) is 3.37. The van der Waals surface area contributed by atoms with Crippen molar-refractivity contribution in [3.63, 3.8) is 0 Å². The Bertz CT molecular complexity index is 594. The van der Waals surface area contributed by atoms with Gasteiger partial charge in [-0.2, -0.15) is 0 Å². The highest BCUT2D eigenvalue weighted by molar-refractivity contribution is 6.00. The molecule has 0 amide bonds. The average molecular weight is 269 g/mol. The van der Waals surface area contributed by atoms with Crippen LogP contribution in [0.4, 0.5) is 11.4 Å². The maximum atomic E-state index is 6.09. The van der Waals surface area contributed by atoms with Crippen molar-refractivity contribution >= 4 is 22.1 Å². The van der Waals surface area contributed by atoms with Crippen molar-refractivity contribution in [1.29, 1.82) is 0 Å². The summed E-state index contributed by atoms with van der Waals surface area (Å²) in [5.74, 6) is 0. The Labute approximate surface area is 120 Å². The van der Waals surface area contributed by atoms with Crippen LogP contribution in [0, 0.1) is 0 Å². The van der Waals surface area contributed by atoms with Gasteiger partial charge in [-0.1, -0.05) is 19.8 Å². The lowest BCUT2D eigenvalue weighted by Crippen LogP contribution is -2.34. The molecule has 1 atom stereocenters. The fraction of sp³-hybridized carbons (Fsp3) is 0.471. The Hall–Kier alpha value is -1.77. The monoisotopic (exact) mass is 269 g/mol. The molecular weight excluding hydrogens is 246 g/mol. The lowest BCUT2D eigenvalue weighted by molar-refractivity contribution is 0.557. The van der Waals surface area contributed by atoms with Gasteiger partial charge < -0.3 is 10.6 Å². The number of nitrogens with zero attached hydrogens (tertiary/aromatic N) is 2. The molecule has 0 saturated carbocycles. The molecule has 2 N–H and O–H groups in total. The number of benzene rings is 1. The molecule has 1 aliphatic rings. The third-order valence-corrected chi connectivity index (χ3v) is 4.49. The molecule has 1 aromatic carbocycles. The van der Waals surface area contributed by atoms with Crippen LogP contribution in [0.25, 0.3) is 10.8 Å². The van der Waals surface area contributed by atoms with Gasteiger partial charge in [0.15, 0.2) is 0 Å². The van der Waals surface area contributed by atoms with Gasteiger partial charge in [0, 0.05) is 47.1 Å². The van der Waals surface area contributed by atoms with E-state index in [-0.39, 0.29) is 0 Å². The zero-order valence-electron chi connectivity index (χ0n) is 12.2. The number of fused-ring (bicyclic) bond motifs is 1. The van der Waals surface area contributed by atoms with Gasteiger partial charge in [0.25, 0.3) is 0 Å². The number of rotatable bonds is 2. The first-order chi connectivity index (χ1) is 9.81. The van der Waals surface area contributed by atoms with E-state index in [2.05, 4.69) is 28.9 Å². The summed E-state index contributed by atoms with van der Waals surface area (Å²) in [6.45, 7) is 3.45. The molecule has 1 unspecified atom stereocenters. The van der Waals surface area contributed by atoms with E-state index in [1.54, 1.807) is 0 Å². The molecule has 3 nitrogen and oxygen atoms in total. The van der Waals surface area contributed by atoms with E-state index in [4.69, 9.17) is 5.73 Å². The van der Waals surface area contributed by atoms with Crippen molar-refractivity contribution in [2.75, 3.05) is 17.2 Å². The summed E-state index contributed by atoms with van der Waals surface area (Å²) in [7, 11) is 0. The number of hydrogen-bond acceptors (Lipinski definition) is 3. The number of anilines is 2. The molecule has 1 fully saturated rings. The van der Waals surface area contributed by atoms with Gasteiger partial charge in [-0.3, -0.25) is 4.98 Å². The summed E-state index contributed by atoms with van der Waals surface area (Å²) in [6.07, 6.45) is 10.2. The maximum absolute atomic E-state index is 6.09. The van der Waals surface area contributed by atoms with Crippen LogP contribution >= 0.6 is 0 Å². The Morgan fingerprint density at radius 1 is 1.20 bits per heavy atom. The van der Waals surface area contributed by atoms with Crippen LogP contribution in [0.1, 0.15) is 39.0 Å². The van der Waals surface area contributed by atoms with Crippen LogP contribution in [0.2, 0.25) is 0 Å². The molecule has 20 heavy (non-hydrogen) atoms.